The van der Waals surface area contributed by atoms with E-state index in [1.165, 1.54) is 19.3 Å². The number of ether oxygens (including phenoxy) is 1. The van der Waals surface area contributed by atoms with Gasteiger partial charge in [-0.05, 0) is 31.1 Å². The summed E-state index contributed by atoms with van der Waals surface area (Å²) >= 11 is 0. The summed E-state index contributed by atoms with van der Waals surface area (Å²) in [6.07, 6.45) is 5.14. The van der Waals surface area contributed by atoms with E-state index in [1.807, 2.05) is 0 Å². The van der Waals surface area contributed by atoms with Gasteiger partial charge in [-0.2, -0.15) is 0 Å². The van der Waals surface area contributed by atoms with Gasteiger partial charge in [-0.15, -0.1) is 0 Å². The molecule has 2 aliphatic heterocycles. The van der Waals surface area contributed by atoms with Gasteiger partial charge in [-0.3, -0.25) is 0 Å². The Morgan fingerprint density at radius 2 is 1.90 bits per heavy atom. The molecule has 0 aromatic carbocycles. The smallest absolute Gasteiger partial charge is 0.0607 e. The van der Waals surface area contributed by atoms with E-state index in [9.17, 15) is 0 Å². The fourth-order valence-electron chi connectivity index (χ4n) is 2.38. The number of rotatable bonds is 0. The highest BCUT2D eigenvalue weighted by Crippen LogP contribution is 2.38. The van der Waals surface area contributed by atoms with Crippen LogP contribution in [0.5, 0.6) is 0 Å². The minimum absolute atomic E-state index is 0.605. The lowest BCUT2D eigenvalue weighted by molar-refractivity contribution is -0.0230. The zero-order valence-electron chi connectivity index (χ0n) is 6.84. The lowest BCUT2D eigenvalue weighted by atomic mass is 9.96. The Morgan fingerprint density at radius 3 is 2.60 bits per heavy atom. The van der Waals surface area contributed by atoms with Crippen LogP contribution in [0.4, 0.5) is 0 Å². The number of hydrogen-bond donors (Lipinski definition) is 0. The van der Waals surface area contributed by atoms with Gasteiger partial charge in [0.05, 0.1) is 12.2 Å². The molecule has 1 nitrogen and oxygen atoms in total. The highest BCUT2D eigenvalue weighted by Gasteiger charge is 2.37. The zero-order valence-corrected chi connectivity index (χ0v) is 6.84. The van der Waals surface area contributed by atoms with Crippen LogP contribution in [0.25, 0.3) is 0 Å². The maximum absolute atomic E-state index is 5.78. The van der Waals surface area contributed by atoms with Crippen molar-refractivity contribution in [2.75, 3.05) is 0 Å². The Hall–Kier alpha value is -0.0400. The molecule has 2 bridgehead atoms. The van der Waals surface area contributed by atoms with E-state index in [2.05, 4.69) is 13.8 Å². The second-order valence-corrected chi connectivity index (χ2v) is 4.09. The van der Waals surface area contributed by atoms with Crippen molar-refractivity contribution in [1.82, 2.24) is 0 Å². The normalized spacial score (nSPS) is 53.4. The largest absolute Gasteiger partial charge is 0.375 e. The standard InChI is InChI=1S/C9H16O/c1-6-3-8-5-7(2)9(4-6)10-8/h6-9H,3-5H2,1-2H3/t6-,7-,8?,9?/m1/s1. The molecule has 58 valence electrons. The van der Waals surface area contributed by atoms with Gasteiger partial charge >= 0.3 is 0 Å². The van der Waals surface area contributed by atoms with Crippen LogP contribution in [0.15, 0.2) is 0 Å². The van der Waals surface area contributed by atoms with Crippen molar-refractivity contribution in [2.45, 2.75) is 45.3 Å². The monoisotopic (exact) mass is 140 g/mol. The number of hydrogen-bond acceptors (Lipinski definition) is 1. The lowest BCUT2D eigenvalue weighted by Crippen LogP contribution is -2.24. The molecule has 0 aromatic heterocycles. The van der Waals surface area contributed by atoms with Gasteiger partial charge in [0, 0.05) is 0 Å². The van der Waals surface area contributed by atoms with Crippen LogP contribution in [0.3, 0.4) is 0 Å². The molecule has 2 aliphatic rings. The molecule has 1 heteroatoms. The highest BCUT2D eigenvalue weighted by molar-refractivity contribution is 4.86. The maximum atomic E-state index is 5.78. The predicted molar refractivity (Wildman–Crippen MR) is 40.8 cm³/mol. The topological polar surface area (TPSA) is 9.23 Å². The van der Waals surface area contributed by atoms with Crippen LogP contribution in [0.2, 0.25) is 0 Å². The van der Waals surface area contributed by atoms with E-state index in [-0.39, 0.29) is 0 Å². The summed E-state index contributed by atoms with van der Waals surface area (Å²) in [5.41, 5.74) is 0. The van der Waals surface area contributed by atoms with Gasteiger partial charge in [0.25, 0.3) is 0 Å². The molecule has 0 amide bonds. The molecule has 0 aromatic rings. The first-order valence-electron chi connectivity index (χ1n) is 4.41. The molecule has 0 aliphatic carbocycles. The third kappa shape index (κ3) is 0.968. The fraction of sp³-hybridized carbons (Fsp3) is 1.00. The molecule has 0 saturated carbocycles. The van der Waals surface area contributed by atoms with E-state index in [0.29, 0.717) is 12.2 Å². The van der Waals surface area contributed by atoms with Crippen LogP contribution < -0.4 is 0 Å². The van der Waals surface area contributed by atoms with Crippen LogP contribution in [0, 0.1) is 11.8 Å². The van der Waals surface area contributed by atoms with Gasteiger partial charge in [-0.1, -0.05) is 13.8 Å². The molecule has 2 saturated heterocycles. The molecular formula is C9H16O. The van der Waals surface area contributed by atoms with Gasteiger partial charge in [0.2, 0.25) is 0 Å². The van der Waals surface area contributed by atoms with Crippen molar-refractivity contribution >= 4 is 0 Å². The zero-order chi connectivity index (χ0) is 7.14. The highest BCUT2D eigenvalue weighted by atomic mass is 16.5. The average molecular weight is 140 g/mol. The third-order valence-electron chi connectivity index (χ3n) is 2.94. The summed E-state index contributed by atoms with van der Waals surface area (Å²) in [4.78, 5) is 0. The summed E-state index contributed by atoms with van der Waals surface area (Å²) in [5.74, 6) is 1.74. The summed E-state index contributed by atoms with van der Waals surface area (Å²) in [6.45, 7) is 4.67. The molecule has 0 N–H and O–H groups in total. The van der Waals surface area contributed by atoms with E-state index in [4.69, 9.17) is 4.74 Å². The van der Waals surface area contributed by atoms with Crippen molar-refractivity contribution in [3.8, 4) is 0 Å². The van der Waals surface area contributed by atoms with Gasteiger partial charge < -0.3 is 4.74 Å². The summed E-state index contributed by atoms with van der Waals surface area (Å²) in [5, 5.41) is 0. The molecule has 2 unspecified atom stereocenters. The van der Waals surface area contributed by atoms with Crippen molar-refractivity contribution in [3.05, 3.63) is 0 Å². The maximum Gasteiger partial charge on any atom is 0.0607 e. The SMILES string of the molecule is C[C@@H]1CC2C[C@@H](C)C(C1)O2. The second kappa shape index (κ2) is 2.23. The second-order valence-electron chi connectivity index (χ2n) is 4.09. The van der Waals surface area contributed by atoms with Crippen LogP contribution >= 0.6 is 0 Å². The van der Waals surface area contributed by atoms with E-state index in [0.717, 1.165) is 11.8 Å². The molecule has 0 spiro atoms. The Morgan fingerprint density at radius 1 is 1.10 bits per heavy atom. The van der Waals surface area contributed by atoms with Crippen LogP contribution in [-0.4, -0.2) is 12.2 Å². The van der Waals surface area contributed by atoms with Crippen LogP contribution in [-0.2, 0) is 4.74 Å². The van der Waals surface area contributed by atoms with Gasteiger partial charge in [0.1, 0.15) is 0 Å². The lowest BCUT2D eigenvalue weighted by Gasteiger charge is -2.26. The first-order chi connectivity index (χ1) is 4.75. The molecule has 10 heavy (non-hydrogen) atoms. The predicted octanol–water partition coefficient (Wildman–Crippen LogP) is 2.21. The van der Waals surface area contributed by atoms with Crippen molar-refractivity contribution in [2.24, 2.45) is 11.8 Å². The molecule has 2 rings (SSSR count). The first kappa shape index (κ1) is 6.66. The molecule has 0 radical (unpaired) electrons. The van der Waals surface area contributed by atoms with Crippen molar-refractivity contribution in [1.29, 1.82) is 0 Å². The molecule has 2 heterocycles. The molecule has 4 atom stereocenters. The average Bonchev–Trinajstić information content (AvgIpc) is 2.07. The Kier molecular flexibility index (Phi) is 1.48. The Balaban J connectivity index is 2.06. The van der Waals surface area contributed by atoms with E-state index >= 15 is 0 Å². The minimum atomic E-state index is 0.605. The third-order valence-corrected chi connectivity index (χ3v) is 2.94. The Bertz CT molecular complexity index is 128. The fourth-order valence-corrected chi connectivity index (χ4v) is 2.38. The first-order valence-corrected chi connectivity index (χ1v) is 4.41. The van der Waals surface area contributed by atoms with Crippen molar-refractivity contribution in [3.63, 3.8) is 0 Å². The number of fused-ring (bicyclic) bond motifs is 2. The summed E-state index contributed by atoms with van der Waals surface area (Å²) in [7, 11) is 0. The van der Waals surface area contributed by atoms with Gasteiger partial charge in [0.15, 0.2) is 0 Å². The molecule has 2 fully saturated rings. The minimum Gasteiger partial charge on any atom is -0.375 e. The summed E-state index contributed by atoms with van der Waals surface area (Å²) in [6, 6.07) is 0. The van der Waals surface area contributed by atoms with E-state index < -0.39 is 0 Å². The van der Waals surface area contributed by atoms with Gasteiger partial charge in [-0.25, -0.2) is 0 Å². The quantitative estimate of drug-likeness (QED) is 0.501. The molecular weight excluding hydrogens is 124 g/mol. The van der Waals surface area contributed by atoms with Crippen molar-refractivity contribution < 1.29 is 4.74 Å². The summed E-state index contributed by atoms with van der Waals surface area (Å²) < 4.78 is 5.78. The van der Waals surface area contributed by atoms with E-state index in [1.54, 1.807) is 0 Å². The van der Waals surface area contributed by atoms with Crippen LogP contribution in [0.1, 0.15) is 33.1 Å². The Labute approximate surface area is 62.8 Å².